The van der Waals surface area contributed by atoms with Gasteiger partial charge in [0.2, 0.25) is 0 Å². The van der Waals surface area contributed by atoms with Crippen LogP contribution in [0.15, 0.2) is 29.2 Å². The summed E-state index contributed by atoms with van der Waals surface area (Å²) in [6, 6.07) is 6.24. The molecule has 27 heavy (non-hydrogen) atoms. The van der Waals surface area contributed by atoms with Crippen LogP contribution in [0.25, 0.3) is 0 Å². The first-order chi connectivity index (χ1) is 12.8. The van der Waals surface area contributed by atoms with Crippen molar-refractivity contribution in [1.82, 2.24) is 10.2 Å². The fourth-order valence-corrected chi connectivity index (χ4v) is 6.56. The zero-order valence-corrected chi connectivity index (χ0v) is 16.3. The summed E-state index contributed by atoms with van der Waals surface area (Å²) >= 11 is 1.33. The summed E-state index contributed by atoms with van der Waals surface area (Å²) in [7, 11) is -3.02. The van der Waals surface area contributed by atoms with Gasteiger partial charge < -0.3 is 10.1 Å². The first kappa shape index (κ1) is 19.7. The van der Waals surface area contributed by atoms with Crippen LogP contribution in [0.2, 0.25) is 0 Å². The van der Waals surface area contributed by atoms with Gasteiger partial charge in [-0.05, 0) is 25.5 Å². The van der Waals surface area contributed by atoms with Crippen molar-refractivity contribution in [2.75, 3.05) is 24.6 Å². The molecule has 8 nitrogen and oxygen atoms in total. The Morgan fingerprint density at radius 1 is 1.33 bits per heavy atom. The largest absolute Gasteiger partial charge is 0.449 e. The highest BCUT2D eigenvalue weighted by molar-refractivity contribution is 8.02. The fraction of sp³-hybridized carbons (Fsp3) is 0.471. The van der Waals surface area contributed by atoms with Crippen molar-refractivity contribution in [2.24, 2.45) is 0 Å². The number of hydrogen-bond acceptors (Lipinski definition) is 7. The number of thioether (sulfide) groups is 1. The van der Waals surface area contributed by atoms with Crippen molar-refractivity contribution >= 4 is 39.5 Å². The van der Waals surface area contributed by atoms with Gasteiger partial charge in [0, 0.05) is 23.2 Å². The second kappa shape index (κ2) is 7.89. The minimum Gasteiger partial charge on any atom is -0.449 e. The fourth-order valence-electron chi connectivity index (χ4n) is 2.95. The predicted octanol–water partition coefficient (Wildman–Crippen LogP) is 1.06. The number of nitrogens with one attached hydrogen (secondary N) is 1. The Labute approximate surface area is 161 Å². The van der Waals surface area contributed by atoms with E-state index in [1.807, 2.05) is 0 Å². The van der Waals surface area contributed by atoms with Crippen LogP contribution in [-0.2, 0) is 19.4 Å². The number of amides is 3. The van der Waals surface area contributed by atoms with Gasteiger partial charge in [-0.3, -0.25) is 9.69 Å². The van der Waals surface area contributed by atoms with Crippen LogP contribution in [0.5, 0.6) is 0 Å². The second-order valence-corrected chi connectivity index (χ2v) is 9.98. The number of sulfone groups is 1. The zero-order valence-electron chi connectivity index (χ0n) is 14.7. The molecular formula is C17H20N2O6S2. The van der Waals surface area contributed by atoms with Crippen LogP contribution in [0, 0.1) is 0 Å². The van der Waals surface area contributed by atoms with Crippen molar-refractivity contribution in [3.05, 3.63) is 29.8 Å². The molecule has 2 atom stereocenters. The van der Waals surface area contributed by atoms with Gasteiger partial charge in [0.25, 0.3) is 5.91 Å². The minimum atomic E-state index is -3.02. The van der Waals surface area contributed by atoms with Crippen LogP contribution < -0.4 is 5.32 Å². The van der Waals surface area contributed by atoms with Gasteiger partial charge in [-0.25, -0.2) is 18.0 Å². The van der Waals surface area contributed by atoms with Crippen molar-refractivity contribution in [3.8, 4) is 0 Å². The molecule has 2 aliphatic rings. The van der Waals surface area contributed by atoms with Crippen LogP contribution in [0.3, 0.4) is 0 Å². The average molecular weight is 412 g/mol. The number of carbonyl (C=O) groups excluding carboxylic acids is 3. The van der Waals surface area contributed by atoms with Gasteiger partial charge in [0.05, 0.1) is 17.1 Å². The summed E-state index contributed by atoms with van der Waals surface area (Å²) in [6.07, 6.45) is -0.568. The molecule has 1 aromatic carbocycles. The normalized spacial score (nSPS) is 22.3. The van der Waals surface area contributed by atoms with Crippen molar-refractivity contribution < 1.29 is 27.5 Å². The Hall–Kier alpha value is -2.07. The van der Waals surface area contributed by atoms with Gasteiger partial charge in [0.15, 0.2) is 15.9 Å². The van der Waals surface area contributed by atoms with E-state index in [9.17, 15) is 22.8 Å². The first-order valence-corrected chi connectivity index (χ1v) is 11.2. The summed E-state index contributed by atoms with van der Waals surface area (Å²) in [4.78, 5) is 38.0. The Morgan fingerprint density at radius 3 is 2.70 bits per heavy atom. The molecule has 0 aliphatic carbocycles. The van der Waals surface area contributed by atoms with Crippen molar-refractivity contribution in [1.29, 1.82) is 0 Å². The Kier molecular flexibility index (Phi) is 5.75. The highest BCUT2D eigenvalue weighted by Gasteiger charge is 2.33. The summed E-state index contributed by atoms with van der Waals surface area (Å²) in [5, 5.41) is 2.41. The van der Waals surface area contributed by atoms with Crippen LogP contribution in [-0.4, -0.2) is 67.2 Å². The lowest BCUT2D eigenvalue weighted by Crippen LogP contribution is -2.41. The van der Waals surface area contributed by atoms with Crippen LogP contribution in [0.4, 0.5) is 4.79 Å². The molecular weight excluding hydrogens is 392 g/mol. The molecule has 2 heterocycles. The van der Waals surface area contributed by atoms with E-state index in [1.54, 1.807) is 24.3 Å². The Balaban J connectivity index is 1.68. The van der Waals surface area contributed by atoms with Crippen molar-refractivity contribution in [3.63, 3.8) is 0 Å². The number of ether oxygens (including phenoxy) is 1. The lowest BCUT2D eigenvalue weighted by Gasteiger charge is -2.19. The number of carbonyl (C=O) groups is 3. The zero-order chi connectivity index (χ0) is 19.6. The topological polar surface area (TPSA) is 110 Å². The first-order valence-electron chi connectivity index (χ1n) is 8.53. The minimum absolute atomic E-state index is 0.0833. The summed E-state index contributed by atoms with van der Waals surface area (Å²) < 4.78 is 28.5. The molecule has 2 fully saturated rings. The summed E-state index contributed by atoms with van der Waals surface area (Å²) in [5.41, 5.74) is 0.275. The molecule has 146 valence electrons. The third kappa shape index (κ3) is 4.62. The van der Waals surface area contributed by atoms with E-state index in [0.717, 1.165) is 4.90 Å². The average Bonchev–Trinajstić information content (AvgIpc) is 3.19. The molecule has 0 radical (unpaired) electrons. The standard InChI is InChI=1S/C17H20N2O6S2/c1-11(15(20)19-8-7-18-17(19)22)25-16(21)13-4-2-3-5-14(13)26-12-6-9-27(23,24)10-12/h2-5,11-12H,6-10H2,1H3,(H,18,22)/t11-,12+/m1/s1. The molecule has 1 N–H and O–H groups in total. The number of esters is 1. The molecule has 0 bridgehead atoms. The van der Waals surface area contributed by atoms with E-state index in [2.05, 4.69) is 5.32 Å². The third-order valence-electron chi connectivity index (χ3n) is 4.35. The Morgan fingerprint density at radius 2 is 2.07 bits per heavy atom. The lowest BCUT2D eigenvalue weighted by molar-refractivity contribution is -0.136. The van der Waals surface area contributed by atoms with Gasteiger partial charge in [-0.15, -0.1) is 11.8 Å². The summed E-state index contributed by atoms with van der Waals surface area (Å²) in [5.74, 6) is -1.02. The number of hydrogen-bond donors (Lipinski definition) is 1. The maximum atomic E-state index is 12.6. The van der Waals surface area contributed by atoms with E-state index in [0.29, 0.717) is 17.9 Å². The number of imide groups is 1. The van der Waals surface area contributed by atoms with Gasteiger partial charge in [-0.2, -0.15) is 0 Å². The lowest BCUT2D eigenvalue weighted by atomic mass is 10.2. The monoisotopic (exact) mass is 412 g/mol. The van der Waals surface area contributed by atoms with E-state index in [1.165, 1.54) is 18.7 Å². The predicted molar refractivity (Wildman–Crippen MR) is 99.3 cm³/mol. The molecule has 2 aliphatic heterocycles. The molecule has 3 amide bonds. The molecule has 0 saturated carbocycles. The number of urea groups is 1. The molecule has 3 rings (SSSR count). The maximum absolute atomic E-state index is 12.6. The van der Waals surface area contributed by atoms with Crippen molar-refractivity contribution in [2.45, 2.75) is 29.6 Å². The molecule has 0 unspecified atom stereocenters. The van der Waals surface area contributed by atoms with E-state index < -0.39 is 33.8 Å². The van der Waals surface area contributed by atoms with Gasteiger partial charge in [0.1, 0.15) is 0 Å². The molecule has 2 saturated heterocycles. The number of nitrogens with zero attached hydrogens (tertiary/aromatic N) is 1. The highest BCUT2D eigenvalue weighted by atomic mass is 32.2. The van der Waals surface area contributed by atoms with E-state index in [4.69, 9.17) is 4.74 Å². The molecule has 1 aromatic rings. The maximum Gasteiger partial charge on any atom is 0.340 e. The second-order valence-electron chi connectivity index (χ2n) is 6.41. The number of rotatable bonds is 5. The SMILES string of the molecule is C[C@@H](OC(=O)c1ccccc1S[C@H]1CCS(=O)(=O)C1)C(=O)N1CCNC1=O. The number of benzene rings is 1. The quantitative estimate of drug-likeness (QED) is 0.720. The van der Waals surface area contributed by atoms with Crippen LogP contribution >= 0.6 is 11.8 Å². The highest BCUT2D eigenvalue weighted by Crippen LogP contribution is 2.33. The molecule has 10 heteroatoms. The van der Waals surface area contributed by atoms with E-state index in [-0.39, 0.29) is 28.9 Å². The molecule has 0 aromatic heterocycles. The van der Waals surface area contributed by atoms with Crippen LogP contribution in [0.1, 0.15) is 23.7 Å². The smallest absolute Gasteiger partial charge is 0.340 e. The third-order valence-corrected chi connectivity index (χ3v) is 7.67. The van der Waals surface area contributed by atoms with E-state index >= 15 is 0 Å². The van der Waals surface area contributed by atoms with Gasteiger partial charge in [-0.1, -0.05) is 12.1 Å². The molecule has 0 spiro atoms. The summed E-state index contributed by atoms with van der Waals surface area (Å²) in [6.45, 7) is 2.03. The van der Waals surface area contributed by atoms with Gasteiger partial charge >= 0.3 is 12.0 Å². The Bertz CT molecular complexity index is 870.